The lowest BCUT2D eigenvalue weighted by Crippen LogP contribution is -2.58. The van der Waals surface area contributed by atoms with Gasteiger partial charge in [0, 0.05) is 0 Å². The third-order valence-electron chi connectivity index (χ3n) is 5.04. The first kappa shape index (κ1) is 26.8. The van der Waals surface area contributed by atoms with E-state index in [0.29, 0.717) is 6.42 Å². The summed E-state index contributed by atoms with van der Waals surface area (Å²) in [5, 5.41) is 45.7. The Labute approximate surface area is 165 Å². The highest BCUT2D eigenvalue weighted by Crippen LogP contribution is 2.19. The fraction of sp³-hybridized carbons (Fsp3) is 1.00. The molecule has 0 saturated carbocycles. The maximum atomic E-state index is 9.34. The van der Waals surface area contributed by atoms with E-state index in [9.17, 15) is 10.2 Å². The van der Waals surface area contributed by atoms with Crippen molar-refractivity contribution in [1.29, 1.82) is 0 Å². The van der Waals surface area contributed by atoms with Crippen LogP contribution in [0.1, 0.15) is 110 Å². The summed E-state index contributed by atoms with van der Waals surface area (Å²) < 4.78 is 4.66. The summed E-state index contributed by atoms with van der Waals surface area (Å²) in [7, 11) is 0. The molecule has 5 N–H and O–H groups in total. The van der Waals surface area contributed by atoms with E-state index < -0.39 is 18.4 Å². The number of ether oxygens (including phenoxy) is 1. The predicted octanol–water partition coefficient (Wildman–Crippen LogP) is 3.58. The fourth-order valence-electron chi connectivity index (χ4n) is 3.08. The van der Waals surface area contributed by atoms with Gasteiger partial charge in [0.2, 0.25) is 0 Å². The molecule has 0 radical (unpaired) electrons. The molecule has 6 nitrogen and oxygen atoms in total. The van der Waals surface area contributed by atoms with Crippen molar-refractivity contribution >= 4 is 0 Å². The Morgan fingerprint density at radius 3 is 1.22 bits per heavy atom. The number of aliphatic hydroxyl groups is 5. The maximum Gasteiger partial charge on any atom is 0.337 e. The fourth-order valence-corrected chi connectivity index (χ4v) is 3.08. The topological polar surface area (TPSA) is 110 Å². The second-order valence-corrected chi connectivity index (χ2v) is 7.73. The Morgan fingerprint density at radius 2 is 0.889 bits per heavy atom. The van der Waals surface area contributed by atoms with Gasteiger partial charge in [0.05, 0.1) is 6.61 Å². The lowest BCUT2D eigenvalue weighted by atomic mass is 10.0. The highest BCUT2D eigenvalue weighted by Gasteiger charge is 2.48. The van der Waals surface area contributed by atoms with Crippen molar-refractivity contribution in [3.63, 3.8) is 0 Å². The molecule has 0 atom stereocenters. The Hall–Kier alpha value is -0.240. The van der Waals surface area contributed by atoms with Gasteiger partial charge in [-0.3, -0.25) is 0 Å². The molecule has 0 aliphatic rings. The highest BCUT2D eigenvalue weighted by molar-refractivity contribution is 4.72. The Morgan fingerprint density at radius 1 is 0.556 bits per heavy atom. The molecule has 0 amide bonds. The summed E-state index contributed by atoms with van der Waals surface area (Å²) in [5.74, 6) is -6.24. The summed E-state index contributed by atoms with van der Waals surface area (Å²) in [6.45, 7) is 1.02. The van der Waals surface area contributed by atoms with Gasteiger partial charge < -0.3 is 30.3 Å². The molecule has 0 fully saturated rings. The largest absolute Gasteiger partial charge is 0.390 e. The third kappa shape index (κ3) is 14.4. The zero-order valence-electron chi connectivity index (χ0n) is 17.4. The minimum absolute atomic E-state index is 0.00564. The molecule has 0 rings (SSSR count). The van der Waals surface area contributed by atoms with Crippen molar-refractivity contribution < 1.29 is 30.3 Å². The SMILES string of the molecule is CCCCCCCCCCCCCCCCCCOC(O)(O)C(O)(O)CO. The van der Waals surface area contributed by atoms with E-state index in [-0.39, 0.29) is 6.61 Å². The molecule has 0 unspecified atom stereocenters. The minimum atomic E-state index is -3.16. The standard InChI is InChI=1S/C21H44O6/c1-2-3-4-5-6-7-8-9-10-11-12-13-14-15-16-17-18-27-21(25,26)20(23,24)19-22/h22-26H,2-19H2,1H3. The van der Waals surface area contributed by atoms with Crippen molar-refractivity contribution in [2.45, 2.75) is 121 Å². The van der Waals surface area contributed by atoms with Gasteiger partial charge in [-0.2, -0.15) is 0 Å². The van der Waals surface area contributed by atoms with Crippen LogP contribution in [0.3, 0.4) is 0 Å². The van der Waals surface area contributed by atoms with E-state index >= 15 is 0 Å². The lowest BCUT2D eigenvalue weighted by molar-refractivity contribution is -0.464. The van der Waals surface area contributed by atoms with Crippen LogP contribution in [-0.2, 0) is 4.74 Å². The number of hydrogen-bond donors (Lipinski definition) is 5. The van der Waals surface area contributed by atoms with E-state index in [1.807, 2.05) is 0 Å². The van der Waals surface area contributed by atoms with Crippen LogP contribution in [0, 0.1) is 0 Å². The minimum Gasteiger partial charge on any atom is -0.390 e. The molecule has 0 aliphatic carbocycles. The van der Waals surface area contributed by atoms with Crippen molar-refractivity contribution in [3.05, 3.63) is 0 Å². The van der Waals surface area contributed by atoms with Crippen molar-refractivity contribution in [3.8, 4) is 0 Å². The molecule has 0 aromatic rings. The van der Waals surface area contributed by atoms with Crippen LogP contribution in [0.5, 0.6) is 0 Å². The summed E-state index contributed by atoms with van der Waals surface area (Å²) in [4.78, 5) is 0. The quantitative estimate of drug-likeness (QED) is 0.160. The van der Waals surface area contributed by atoms with Gasteiger partial charge in [-0.25, -0.2) is 0 Å². The monoisotopic (exact) mass is 392 g/mol. The molecular formula is C21H44O6. The Balaban J connectivity index is 3.28. The van der Waals surface area contributed by atoms with Crippen LogP contribution < -0.4 is 0 Å². The molecule has 6 heteroatoms. The number of unbranched alkanes of at least 4 members (excludes halogenated alkanes) is 15. The third-order valence-corrected chi connectivity index (χ3v) is 5.04. The highest BCUT2D eigenvalue weighted by atomic mass is 16.8. The first-order valence-electron chi connectivity index (χ1n) is 11.0. The van der Waals surface area contributed by atoms with Gasteiger partial charge in [-0.15, -0.1) is 0 Å². The van der Waals surface area contributed by atoms with E-state index in [4.69, 9.17) is 15.3 Å². The van der Waals surface area contributed by atoms with Crippen LogP contribution in [-0.4, -0.2) is 50.5 Å². The summed E-state index contributed by atoms with van der Waals surface area (Å²) in [6, 6.07) is 0. The van der Waals surface area contributed by atoms with Crippen molar-refractivity contribution in [2.24, 2.45) is 0 Å². The van der Waals surface area contributed by atoms with Gasteiger partial charge in [0.25, 0.3) is 5.79 Å². The van der Waals surface area contributed by atoms with Crippen LogP contribution in [0.25, 0.3) is 0 Å². The Kier molecular flexibility index (Phi) is 16.5. The van der Waals surface area contributed by atoms with E-state index in [2.05, 4.69) is 11.7 Å². The summed E-state index contributed by atoms with van der Waals surface area (Å²) in [5.41, 5.74) is 0. The lowest BCUT2D eigenvalue weighted by Gasteiger charge is -2.32. The summed E-state index contributed by atoms with van der Waals surface area (Å²) >= 11 is 0. The summed E-state index contributed by atoms with van der Waals surface area (Å²) in [6.07, 6.45) is 19.9. The van der Waals surface area contributed by atoms with Gasteiger partial charge in [-0.1, -0.05) is 103 Å². The molecule has 27 heavy (non-hydrogen) atoms. The maximum absolute atomic E-state index is 9.34. The zero-order valence-corrected chi connectivity index (χ0v) is 17.4. The molecule has 0 heterocycles. The van der Waals surface area contributed by atoms with Gasteiger partial charge in [0.1, 0.15) is 6.61 Å². The van der Waals surface area contributed by atoms with Gasteiger partial charge in [0.15, 0.2) is 0 Å². The first-order chi connectivity index (χ1) is 12.9. The zero-order chi connectivity index (χ0) is 20.4. The smallest absolute Gasteiger partial charge is 0.337 e. The van der Waals surface area contributed by atoms with Gasteiger partial charge >= 0.3 is 5.97 Å². The van der Waals surface area contributed by atoms with Gasteiger partial charge in [-0.05, 0) is 6.42 Å². The molecule has 0 saturated heterocycles. The Bertz CT molecular complexity index is 320. The molecule has 0 aromatic carbocycles. The molecule has 0 spiro atoms. The predicted molar refractivity (Wildman–Crippen MR) is 107 cm³/mol. The van der Waals surface area contributed by atoms with Crippen molar-refractivity contribution in [2.75, 3.05) is 13.2 Å². The first-order valence-corrected chi connectivity index (χ1v) is 11.0. The second-order valence-electron chi connectivity index (χ2n) is 7.73. The number of aliphatic hydroxyl groups excluding tert-OH is 1. The normalized spacial score (nSPS) is 12.7. The van der Waals surface area contributed by atoms with E-state index in [1.54, 1.807) is 0 Å². The molecule has 0 aromatic heterocycles. The molecular weight excluding hydrogens is 348 g/mol. The molecule has 164 valence electrons. The van der Waals surface area contributed by atoms with Crippen LogP contribution in [0.4, 0.5) is 0 Å². The van der Waals surface area contributed by atoms with Crippen molar-refractivity contribution in [1.82, 2.24) is 0 Å². The second kappa shape index (κ2) is 16.7. The van der Waals surface area contributed by atoms with Crippen LogP contribution in [0.15, 0.2) is 0 Å². The average Bonchev–Trinajstić information content (AvgIpc) is 2.64. The average molecular weight is 393 g/mol. The van der Waals surface area contributed by atoms with E-state index in [0.717, 1.165) is 19.3 Å². The van der Waals surface area contributed by atoms with Crippen LogP contribution >= 0.6 is 0 Å². The molecule has 0 bridgehead atoms. The number of hydrogen-bond acceptors (Lipinski definition) is 6. The molecule has 0 aliphatic heterocycles. The van der Waals surface area contributed by atoms with E-state index in [1.165, 1.54) is 77.0 Å². The van der Waals surface area contributed by atoms with Crippen LogP contribution in [0.2, 0.25) is 0 Å². The number of rotatable bonds is 20.